The zero-order valence-corrected chi connectivity index (χ0v) is 10.2. The summed E-state index contributed by atoms with van der Waals surface area (Å²) in [4.78, 5) is 0. The Labute approximate surface area is 89.0 Å². The lowest BCUT2D eigenvalue weighted by atomic mass is 10.3. The Balaban J connectivity index is 3.06. The van der Waals surface area contributed by atoms with Gasteiger partial charge in [0.25, 0.3) is 0 Å². The number of anilines is 1. The Bertz CT molecular complexity index is 351. The van der Waals surface area contributed by atoms with Gasteiger partial charge < -0.3 is 10.2 Å². The standard InChI is InChI=1S/C9H13ClFNOSi/c1-14(2,3)13-7-5-4-6(10)8(11)9(7)12/h4-5H,12H2,1-3H3. The van der Waals surface area contributed by atoms with Crippen LogP contribution in [-0.2, 0) is 0 Å². The van der Waals surface area contributed by atoms with E-state index in [2.05, 4.69) is 0 Å². The molecule has 0 fully saturated rings. The number of hydrogen-bond acceptors (Lipinski definition) is 2. The molecule has 14 heavy (non-hydrogen) atoms. The summed E-state index contributed by atoms with van der Waals surface area (Å²) < 4.78 is 18.8. The van der Waals surface area contributed by atoms with Gasteiger partial charge in [-0.3, -0.25) is 0 Å². The zero-order valence-electron chi connectivity index (χ0n) is 8.40. The van der Waals surface area contributed by atoms with Crippen LogP contribution in [0.1, 0.15) is 0 Å². The van der Waals surface area contributed by atoms with Crippen LogP contribution in [0.4, 0.5) is 10.1 Å². The first-order valence-corrected chi connectivity index (χ1v) is 8.02. The lowest BCUT2D eigenvalue weighted by Crippen LogP contribution is -2.29. The summed E-state index contributed by atoms with van der Waals surface area (Å²) in [6.07, 6.45) is 0. The van der Waals surface area contributed by atoms with Crippen LogP contribution in [0.25, 0.3) is 0 Å². The molecule has 78 valence electrons. The molecule has 0 aliphatic rings. The van der Waals surface area contributed by atoms with E-state index in [0.717, 1.165) is 0 Å². The van der Waals surface area contributed by atoms with Gasteiger partial charge in [0.15, 0.2) is 5.82 Å². The minimum Gasteiger partial charge on any atom is -0.543 e. The van der Waals surface area contributed by atoms with E-state index in [0.29, 0.717) is 5.75 Å². The Kier molecular flexibility index (Phi) is 3.06. The minimum atomic E-state index is -1.76. The molecule has 0 saturated carbocycles. The van der Waals surface area contributed by atoms with E-state index in [4.69, 9.17) is 21.8 Å². The van der Waals surface area contributed by atoms with Crippen LogP contribution < -0.4 is 10.2 Å². The van der Waals surface area contributed by atoms with Gasteiger partial charge in [-0.1, -0.05) is 11.6 Å². The van der Waals surface area contributed by atoms with Crippen molar-refractivity contribution in [2.24, 2.45) is 0 Å². The molecule has 0 radical (unpaired) electrons. The largest absolute Gasteiger partial charge is 0.543 e. The second-order valence-electron chi connectivity index (χ2n) is 3.99. The Morgan fingerprint density at radius 3 is 2.43 bits per heavy atom. The van der Waals surface area contributed by atoms with E-state index >= 15 is 0 Å². The van der Waals surface area contributed by atoms with Gasteiger partial charge in [0.05, 0.1) is 5.02 Å². The average Bonchev–Trinajstić information content (AvgIpc) is 2.04. The van der Waals surface area contributed by atoms with Crippen molar-refractivity contribution in [3.05, 3.63) is 23.0 Å². The normalized spacial score (nSPS) is 11.5. The first-order valence-electron chi connectivity index (χ1n) is 4.24. The zero-order chi connectivity index (χ0) is 10.9. The molecule has 2 N–H and O–H groups in total. The minimum absolute atomic E-state index is 0.0140. The molecule has 5 heteroatoms. The van der Waals surface area contributed by atoms with Gasteiger partial charge in [-0.15, -0.1) is 0 Å². The number of nitrogens with two attached hydrogens (primary N) is 1. The number of rotatable bonds is 2. The van der Waals surface area contributed by atoms with E-state index in [1.165, 1.54) is 6.07 Å². The third-order valence-electron chi connectivity index (χ3n) is 1.51. The second kappa shape index (κ2) is 3.79. The number of halogens is 2. The van der Waals surface area contributed by atoms with Crippen LogP contribution in [0, 0.1) is 5.82 Å². The fourth-order valence-electron chi connectivity index (χ4n) is 0.967. The molecule has 1 aromatic rings. The van der Waals surface area contributed by atoms with Gasteiger partial charge in [-0.2, -0.15) is 0 Å². The summed E-state index contributed by atoms with van der Waals surface area (Å²) >= 11 is 5.56. The Morgan fingerprint density at radius 2 is 1.93 bits per heavy atom. The van der Waals surface area contributed by atoms with Crippen LogP contribution in [0.3, 0.4) is 0 Å². The predicted octanol–water partition coefficient (Wildman–Crippen LogP) is 3.28. The molecule has 0 atom stereocenters. The lowest BCUT2D eigenvalue weighted by Gasteiger charge is -2.20. The quantitative estimate of drug-likeness (QED) is 0.629. The smallest absolute Gasteiger partial charge is 0.242 e. The van der Waals surface area contributed by atoms with Gasteiger partial charge >= 0.3 is 0 Å². The maximum Gasteiger partial charge on any atom is 0.242 e. The van der Waals surface area contributed by atoms with E-state index in [1.807, 2.05) is 19.6 Å². The molecule has 0 aliphatic heterocycles. The molecular formula is C9H13ClFNOSi. The van der Waals surface area contributed by atoms with Crippen molar-refractivity contribution < 1.29 is 8.82 Å². The Hall–Kier alpha value is -0.743. The van der Waals surface area contributed by atoms with Crippen molar-refractivity contribution in [2.75, 3.05) is 5.73 Å². The van der Waals surface area contributed by atoms with E-state index in [1.54, 1.807) is 6.07 Å². The number of benzene rings is 1. The summed E-state index contributed by atoms with van der Waals surface area (Å²) in [5.41, 5.74) is 5.51. The van der Waals surface area contributed by atoms with Gasteiger partial charge in [0.2, 0.25) is 8.32 Å². The van der Waals surface area contributed by atoms with Gasteiger partial charge in [0.1, 0.15) is 11.4 Å². The fraction of sp³-hybridized carbons (Fsp3) is 0.333. The molecule has 0 amide bonds. The fourth-order valence-corrected chi connectivity index (χ4v) is 1.97. The van der Waals surface area contributed by atoms with Crippen LogP contribution in [-0.4, -0.2) is 8.32 Å². The molecule has 0 spiro atoms. The van der Waals surface area contributed by atoms with Crippen LogP contribution in [0.15, 0.2) is 12.1 Å². The molecule has 0 heterocycles. The third kappa shape index (κ3) is 2.62. The summed E-state index contributed by atoms with van der Waals surface area (Å²) in [6, 6.07) is 3.04. The average molecular weight is 234 g/mol. The molecule has 1 rings (SSSR count). The molecule has 0 bridgehead atoms. The molecule has 1 aromatic carbocycles. The highest BCUT2D eigenvalue weighted by atomic mass is 35.5. The SMILES string of the molecule is C[Si](C)(C)Oc1ccc(Cl)c(F)c1N. The number of nitrogen functional groups attached to an aromatic ring is 1. The van der Waals surface area contributed by atoms with Crippen molar-refractivity contribution in [2.45, 2.75) is 19.6 Å². The summed E-state index contributed by atoms with van der Waals surface area (Å²) in [7, 11) is -1.76. The first kappa shape index (κ1) is 11.3. The van der Waals surface area contributed by atoms with E-state index in [-0.39, 0.29) is 10.7 Å². The highest BCUT2D eigenvalue weighted by Crippen LogP contribution is 2.31. The van der Waals surface area contributed by atoms with Crippen molar-refractivity contribution in [1.82, 2.24) is 0 Å². The maximum absolute atomic E-state index is 13.2. The van der Waals surface area contributed by atoms with Gasteiger partial charge in [-0.25, -0.2) is 4.39 Å². The van der Waals surface area contributed by atoms with E-state index in [9.17, 15) is 4.39 Å². The van der Waals surface area contributed by atoms with Crippen LogP contribution >= 0.6 is 11.6 Å². The highest BCUT2D eigenvalue weighted by molar-refractivity contribution is 6.70. The summed E-state index contributed by atoms with van der Waals surface area (Å²) in [5, 5.41) is 0.0189. The van der Waals surface area contributed by atoms with Gasteiger partial charge in [-0.05, 0) is 31.8 Å². The molecule has 0 aliphatic carbocycles. The molecule has 2 nitrogen and oxygen atoms in total. The molecular weight excluding hydrogens is 221 g/mol. The van der Waals surface area contributed by atoms with Crippen molar-refractivity contribution in [1.29, 1.82) is 0 Å². The van der Waals surface area contributed by atoms with Gasteiger partial charge in [0, 0.05) is 0 Å². The molecule has 0 saturated heterocycles. The van der Waals surface area contributed by atoms with E-state index < -0.39 is 14.1 Å². The summed E-state index contributed by atoms with van der Waals surface area (Å²) in [6.45, 7) is 6.00. The highest BCUT2D eigenvalue weighted by Gasteiger charge is 2.19. The molecule has 0 unspecified atom stereocenters. The lowest BCUT2D eigenvalue weighted by molar-refractivity contribution is 0.550. The van der Waals surface area contributed by atoms with Crippen LogP contribution in [0.5, 0.6) is 5.75 Å². The predicted molar refractivity (Wildman–Crippen MR) is 59.8 cm³/mol. The topological polar surface area (TPSA) is 35.2 Å². The maximum atomic E-state index is 13.2. The van der Waals surface area contributed by atoms with Crippen molar-refractivity contribution in [3.63, 3.8) is 0 Å². The van der Waals surface area contributed by atoms with Crippen molar-refractivity contribution >= 4 is 25.6 Å². The van der Waals surface area contributed by atoms with Crippen molar-refractivity contribution in [3.8, 4) is 5.75 Å². The Morgan fingerprint density at radius 1 is 1.36 bits per heavy atom. The monoisotopic (exact) mass is 233 g/mol. The second-order valence-corrected chi connectivity index (χ2v) is 8.82. The molecule has 0 aromatic heterocycles. The first-order chi connectivity index (χ1) is 6.31. The van der Waals surface area contributed by atoms with Crippen LogP contribution in [0.2, 0.25) is 24.7 Å². The number of hydrogen-bond donors (Lipinski definition) is 1. The summed E-state index contributed by atoms with van der Waals surface area (Å²) in [5.74, 6) is -0.228. The third-order valence-corrected chi connectivity index (χ3v) is 2.63.